The van der Waals surface area contributed by atoms with Crippen LogP contribution in [0.25, 0.3) is 0 Å². The van der Waals surface area contributed by atoms with Crippen molar-refractivity contribution in [1.82, 2.24) is 4.31 Å². The Bertz CT molecular complexity index is 904. The molecule has 0 aromatic heterocycles. The maximum absolute atomic E-state index is 13.6. The molecule has 0 amide bonds. The molecule has 1 saturated heterocycles. The maximum Gasteiger partial charge on any atom is 0.243 e. The summed E-state index contributed by atoms with van der Waals surface area (Å²) in [6.45, 7) is 2.59. The second kappa shape index (κ2) is 8.19. The van der Waals surface area contributed by atoms with E-state index in [1.54, 1.807) is 18.2 Å². The average Bonchev–Trinajstić information content (AvgIpc) is 2.68. The molecule has 1 aliphatic heterocycles. The second-order valence-corrected chi connectivity index (χ2v) is 8.61. The number of benzene rings is 2. The molecule has 27 heavy (non-hydrogen) atoms. The van der Waals surface area contributed by atoms with Gasteiger partial charge in [0, 0.05) is 18.7 Å². The lowest BCUT2D eigenvalue weighted by Gasteiger charge is -2.31. The molecule has 0 bridgehead atoms. The van der Waals surface area contributed by atoms with E-state index >= 15 is 0 Å². The topological polar surface area (TPSA) is 63.7 Å². The zero-order valence-corrected chi connectivity index (χ0v) is 15.9. The Morgan fingerprint density at radius 1 is 1.11 bits per heavy atom. The number of piperidine rings is 1. The Kier molecular flexibility index (Phi) is 5.92. The highest BCUT2D eigenvalue weighted by Gasteiger charge is 2.29. The van der Waals surface area contributed by atoms with Crippen LogP contribution in [0.1, 0.15) is 30.1 Å². The van der Waals surface area contributed by atoms with Gasteiger partial charge in [-0.05, 0) is 49.9 Å². The van der Waals surface area contributed by atoms with Gasteiger partial charge in [-0.2, -0.15) is 4.31 Å². The summed E-state index contributed by atoms with van der Waals surface area (Å²) in [7, 11) is -3.58. The van der Waals surface area contributed by atoms with Gasteiger partial charge in [-0.25, -0.2) is 12.8 Å². The van der Waals surface area contributed by atoms with Crippen LogP contribution < -0.4 is 4.74 Å². The molecule has 0 atom stereocenters. The van der Waals surface area contributed by atoms with Gasteiger partial charge in [0.1, 0.15) is 0 Å². The Hall–Kier alpha value is -2.25. The van der Waals surface area contributed by atoms with Gasteiger partial charge < -0.3 is 4.74 Å². The Labute approximate surface area is 158 Å². The summed E-state index contributed by atoms with van der Waals surface area (Å²) >= 11 is 0. The highest BCUT2D eigenvalue weighted by Crippen LogP contribution is 2.25. The molecular formula is C20H22FNO4S. The maximum atomic E-state index is 13.6. The molecule has 5 nitrogen and oxygen atoms in total. The lowest BCUT2D eigenvalue weighted by molar-refractivity contribution is 0.101. The molecule has 3 rings (SSSR count). The van der Waals surface area contributed by atoms with Crippen molar-refractivity contribution >= 4 is 15.8 Å². The van der Waals surface area contributed by atoms with Gasteiger partial charge in [0.2, 0.25) is 10.0 Å². The van der Waals surface area contributed by atoms with Crippen LogP contribution in [-0.2, 0) is 10.0 Å². The third-order valence-electron chi connectivity index (χ3n) is 4.78. The predicted molar refractivity (Wildman–Crippen MR) is 99.8 cm³/mol. The fraction of sp³-hybridized carbons (Fsp3) is 0.350. The number of Topliss-reactive ketones (excluding diaryl/α,β-unsaturated/α-hetero) is 1. The van der Waals surface area contributed by atoms with E-state index in [9.17, 15) is 17.6 Å². The van der Waals surface area contributed by atoms with Crippen molar-refractivity contribution < 1.29 is 22.3 Å². The molecule has 1 heterocycles. The molecule has 7 heteroatoms. The minimum atomic E-state index is -3.58. The van der Waals surface area contributed by atoms with Gasteiger partial charge in [0.05, 0.1) is 11.5 Å². The van der Waals surface area contributed by atoms with Crippen LogP contribution in [0.5, 0.6) is 5.75 Å². The molecule has 0 radical (unpaired) electrons. The number of rotatable bonds is 6. The second-order valence-electron chi connectivity index (χ2n) is 6.67. The smallest absolute Gasteiger partial charge is 0.243 e. The van der Waals surface area contributed by atoms with Crippen LogP contribution >= 0.6 is 0 Å². The third-order valence-corrected chi connectivity index (χ3v) is 6.70. The largest absolute Gasteiger partial charge is 0.490 e. The molecule has 2 aromatic carbocycles. The molecule has 0 saturated carbocycles. The Morgan fingerprint density at radius 2 is 1.74 bits per heavy atom. The SMILES string of the molecule is CC(=O)c1ccc(S(=O)(=O)N2CCC(COc3ccccc3F)CC2)cc1. The van der Waals surface area contributed by atoms with Crippen LogP contribution in [0.15, 0.2) is 53.4 Å². The van der Waals surface area contributed by atoms with Gasteiger partial charge in [0.15, 0.2) is 17.3 Å². The average molecular weight is 391 g/mol. The number of ketones is 1. The summed E-state index contributed by atoms with van der Waals surface area (Å²) in [6.07, 6.45) is 1.30. The van der Waals surface area contributed by atoms with E-state index in [2.05, 4.69) is 0 Å². The number of halogens is 1. The van der Waals surface area contributed by atoms with E-state index in [0.717, 1.165) is 0 Å². The van der Waals surface area contributed by atoms with Crippen molar-refractivity contribution in [3.8, 4) is 5.75 Å². The minimum Gasteiger partial charge on any atom is -0.490 e. The van der Waals surface area contributed by atoms with Gasteiger partial charge in [0.25, 0.3) is 0 Å². The first-order valence-electron chi connectivity index (χ1n) is 8.86. The highest BCUT2D eigenvalue weighted by atomic mass is 32.2. The van der Waals surface area contributed by atoms with Crippen molar-refractivity contribution in [3.05, 3.63) is 59.9 Å². The first-order chi connectivity index (χ1) is 12.9. The summed E-state index contributed by atoms with van der Waals surface area (Å²) in [5.74, 6) is -0.101. The molecular weight excluding hydrogens is 369 g/mol. The molecule has 0 unspecified atom stereocenters. The van der Waals surface area contributed by atoms with Crippen molar-refractivity contribution in [1.29, 1.82) is 0 Å². The van der Waals surface area contributed by atoms with Gasteiger partial charge in [-0.3, -0.25) is 4.79 Å². The van der Waals surface area contributed by atoms with Gasteiger partial charge in [-0.1, -0.05) is 24.3 Å². The number of para-hydroxylation sites is 1. The van der Waals surface area contributed by atoms with Crippen LogP contribution in [0.2, 0.25) is 0 Å². The molecule has 2 aromatic rings. The monoisotopic (exact) mass is 391 g/mol. The minimum absolute atomic E-state index is 0.102. The zero-order valence-electron chi connectivity index (χ0n) is 15.1. The van der Waals surface area contributed by atoms with Crippen molar-refractivity contribution in [2.24, 2.45) is 5.92 Å². The van der Waals surface area contributed by atoms with E-state index < -0.39 is 15.8 Å². The van der Waals surface area contributed by atoms with Gasteiger partial charge >= 0.3 is 0 Å². The van der Waals surface area contributed by atoms with Crippen molar-refractivity contribution in [3.63, 3.8) is 0 Å². The van der Waals surface area contributed by atoms with Crippen LogP contribution in [0.4, 0.5) is 4.39 Å². The predicted octanol–water partition coefficient (Wildman–Crippen LogP) is 3.51. The number of nitrogens with zero attached hydrogens (tertiary/aromatic N) is 1. The molecule has 1 aliphatic rings. The van der Waals surface area contributed by atoms with E-state index in [4.69, 9.17) is 4.74 Å². The number of carbonyl (C=O) groups is 1. The summed E-state index contributed by atoms with van der Waals surface area (Å²) in [6, 6.07) is 12.3. The number of hydrogen-bond acceptors (Lipinski definition) is 4. The lowest BCUT2D eigenvalue weighted by atomic mass is 9.99. The van der Waals surface area contributed by atoms with E-state index in [1.807, 2.05) is 0 Å². The van der Waals surface area contributed by atoms with Crippen LogP contribution in [0.3, 0.4) is 0 Å². The fourth-order valence-electron chi connectivity index (χ4n) is 3.10. The summed E-state index contributed by atoms with van der Waals surface area (Å²) in [5, 5.41) is 0. The zero-order chi connectivity index (χ0) is 19.4. The Morgan fingerprint density at radius 3 is 2.33 bits per heavy atom. The first-order valence-corrected chi connectivity index (χ1v) is 10.3. The number of carbonyl (C=O) groups excluding carboxylic acids is 1. The van der Waals surface area contributed by atoms with Gasteiger partial charge in [-0.15, -0.1) is 0 Å². The lowest BCUT2D eigenvalue weighted by Crippen LogP contribution is -2.39. The Balaban J connectivity index is 1.57. The highest BCUT2D eigenvalue weighted by molar-refractivity contribution is 7.89. The summed E-state index contributed by atoms with van der Waals surface area (Å²) in [4.78, 5) is 11.5. The molecule has 0 N–H and O–H groups in total. The summed E-state index contributed by atoms with van der Waals surface area (Å²) < 4.78 is 46.1. The number of ether oxygens (including phenoxy) is 1. The molecule has 0 aliphatic carbocycles. The standard InChI is InChI=1S/C20H22FNO4S/c1-15(23)17-6-8-18(9-7-17)27(24,25)22-12-10-16(11-13-22)14-26-20-5-3-2-4-19(20)21/h2-9,16H,10-14H2,1H3. The number of hydrogen-bond donors (Lipinski definition) is 0. The van der Waals surface area contributed by atoms with Crippen molar-refractivity contribution in [2.45, 2.75) is 24.7 Å². The molecule has 0 spiro atoms. The number of sulfonamides is 1. The fourth-order valence-corrected chi connectivity index (χ4v) is 4.57. The van der Waals surface area contributed by atoms with Crippen LogP contribution in [0, 0.1) is 11.7 Å². The third kappa shape index (κ3) is 4.54. The van der Waals surface area contributed by atoms with E-state index in [1.165, 1.54) is 41.6 Å². The van der Waals surface area contributed by atoms with Crippen LogP contribution in [-0.4, -0.2) is 38.2 Å². The quantitative estimate of drug-likeness (QED) is 0.707. The molecule has 144 valence electrons. The van der Waals surface area contributed by atoms with E-state index in [-0.39, 0.29) is 22.3 Å². The normalized spacial score (nSPS) is 16.2. The van der Waals surface area contributed by atoms with E-state index in [0.29, 0.717) is 38.1 Å². The summed E-state index contributed by atoms with van der Waals surface area (Å²) in [5.41, 5.74) is 0.484. The van der Waals surface area contributed by atoms with Crippen molar-refractivity contribution in [2.75, 3.05) is 19.7 Å². The molecule has 1 fully saturated rings. The first kappa shape index (κ1) is 19.5.